The van der Waals surface area contributed by atoms with E-state index in [1.165, 1.54) is 6.92 Å². The molecule has 91 heavy (non-hydrogen) atoms. The number of amides is 10. The minimum Gasteiger partial charge on any atom is -0.458 e. The Labute approximate surface area is 530 Å². The van der Waals surface area contributed by atoms with Gasteiger partial charge in [0.2, 0.25) is 53.2 Å². The van der Waals surface area contributed by atoms with Crippen LogP contribution >= 0.6 is 0 Å². The van der Waals surface area contributed by atoms with Crippen LogP contribution in [0.3, 0.4) is 0 Å². The molecule has 2 fully saturated rings. The van der Waals surface area contributed by atoms with Gasteiger partial charge in [0.05, 0.1) is 44.4 Å². The number of nitrogens with two attached hydrogens (primary N) is 3. The number of primary amides is 1. The van der Waals surface area contributed by atoms with Crippen LogP contribution < -0.4 is 59.7 Å². The van der Waals surface area contributed by atoms with Crippen molar-refractivity contribution in [2.45, 2.75) is 243 Å². The van der Waals surface area contributed by atoms with Gasteiger partial charge in [0, 0.05) is 20.0 Å². The lowest BCUT2D eigenvalue weighted by molar-refractivity contribution is -0.311. The molecule has 15 atom stereocenters. The topological polar surface area (TPSA) is 527 Å². The monoisotopic (exact) mass is 1300 g/mol. The van der Waals surface area contributed by atoms with Gasteiger partial charge in [-0.2, -0.15) is 0 Å². The second-order valence-electron chi connectivity index (χ2n) is 23.3. The third-order valence-electron chi connectivity index (χ3n) is 15.0. The Bertz CT molecular complexity index is 2460. The smallest absolute Gasteiger partial charge is 0.328 e. The first-order valence-electron chi connectivity index (χ1n) is 31.0. The number of carbonyl (C=O) groups excluding carboxylic acids is 11. The van der Waals surface area contributed by atoms with Crippen LogP contribution in [-0.4, -0.2) is 231 Å². The Hall–Kier alpha value is -7.14. The van der Waals surface area contributed by atoms with E-state index in [1.807, 2.05) is 0 Å². The fraction of sp³-hybridized carbons (Fsp3) is 0.759. The van der Waals surface area contributed by atoms with E-state index in [1.54, 1.807) is 13.8 Å². The largest absolute Gasteiger partial charge is 0.458 e. The van der Waals surface area contributed by atoms with Crippen LogP contribution in [0, 0.1) is 5.92 Å². The number of hydrogen-bond acceptors (Lipinski definition) is 21. The zero-order valence-corrected chi connectivity index (χ0v) is 53.5. The summed E-state index contributed by atoms with van der Waals surface area (Å²) in [6.45, 7) is 7.68. The van der Waals surface area contributed by atoms with Crippen molar-refractivity contribution in [2.75, 3.05) is 33.3 Å². The van der Waals surface area contributed by atoms with Gasteiger partial charge < -0.3 is 109 Å². The molecule has 0 aromatic heterocycles. The predicted octanol–water partition coefficient (Wildman–Crippen LogP) is -4.94. The minimum atomic E-state index is -2.07. The number of carbonyl (C=O) groups is 11. The fourth-order valence-electron chi connectivity index (χ4n) is 9.88. The van der Waals surface area contributed by atoms with Gasteiger partial charge in [0.1, 0.15) is 72.5 Å². The highest BCUT2D eigenvalue weighted by molar-refractivity contribution is 6.01. The van der Waals surface area contributed by atoms with E-state index < -0.39 is 195 Å². The zero-order chi connectivity index (χ0) is 68.7. The standard InChI is InChI=1S/C58H101N13O20/c1-9-11-12-13-14-15-16-17-18-20-34(90-57-49(81)48(80)47(79)39(29-72)91-57)26-41(76)65-35(10-2)52(84)70-45-33(7)89-56(88)37(21-19-24-62-58(60)61)67-55(87)46(32(6)74)71(8)43(78)28-64-50(82)36(22-23-40(59)75)66-42(77)27-63-51(83)38(25-30(3)4)68-53(85)44(31(5)73)69-54(45)86/h10,30-34,36-39,44-49,57,72-74,79-81H,9,11-29H2,1-8H3,(H2,59,75)(H,63,83)(H,64,82)(H,65,76)(H,66,77)(H,67,87)(H,68,85)(H,69,86)(H,70,84)(H4,60,61,62)/b35-10+/t31-,32+,33?,34-,36-,37+,38-,39-,44?,45?,46?,47-,48+,49-,57+/m1/s1. The summed E-state index contributed by atoms with van der Waals surface area (Å²) in [5.41, 5.74) is 15.8. The van der Waals surface area contributed by atoms with Gasteiger partial charge in [-0.15, -0.1) is 0 Å². The van der Waals surface area contributed by atoms with E-state index in [0.717, 1.165) is 90.2 Å². The van der Waals surface area contributed by atoms with Gasteiger partial charge in [-0.05, 0) is 65.7 Å². The Kier molecular flexibility index (Phi) is 36.3. The van der Waals surface area contributed by atoms with Crippen LogP contribution in [0.25, 0.3) is 0 Å². The molecule has 0 aliphatic carbocycles. The number of aliphatic hydroxyl groups is 6. The molecule has 20 N–H and O–H groups in total. The van der Waals surface area contributed by atoms with E-state index in [2.05, 4.69) is 54.5 Å². The van der Waals surface area contributed by atoms with Gasteiger partial charge in [0.15, 0.2) is 12.2 Å². The molecule has 518 valence electrons. The lowest BCUT2D eigenvalue weighted by Crippen LogP contribution is -2.62. The minimum absolute atomic E-state index is 0.0421. The molecule has 0 spiro atoms. The lowest BCUT2D eigenvalue weighted by Gasteiger charge is -2.40. The van der Waals surface area contributed by atoms with Crippen molar-refractivity contribution < 1.29 is 97.6 Å². The first-order valence-corrected chi connectivity index (χ1v) is 31.0. The van der Waals surface area contributed by atoms with Crippen LogP contribution in [0.1, 0.15) is 151 Å². The van der Waals surface area contributed by atoms with Gasteiger partial charge in [-0.25, -0.2) is 4.79 Å². The van der Waals surface area contributed by atoms with Gasteiger partial charge in [0.25, 0.3) is 5.91 Å². The van der Waals surface area contributed by atoms with Crippen LogP contribution in [0.2, 0.25) is 0 Å². The van der Waals surface area contributed by atoms with Crippen LogP contribution in [0.5, 0.6) is 0 Å². The normalized spacial score (nSPS) is 26.8. The van der Waals surface area contributed by atoms with Gasteiger partial charge in [-0.1, -0.05) is 84.6 Å². The number of nitrogens with zero attached hydrogens (tertiary/aromatic N) is 2. The number of unbranched alkanes of at least 4 members (excludes halogenated alkanes) is 8. The summed E-state index contributed by atoms with van der Waals surface area (Å²) in [5, 5.41) is 82.6. The molecule has 10 amide bonds. The van der Waals surface area contributed by atoms with Crippen molar-refractivity contribution in [3.05, 3.63) is 11.8 Å². The highest BCUT2D eigenvalue weighted by Gasteiger charge is 2.45. The maximum Gasteiger partial charge on any atom is 0.328 e. The highest BCUT2D eigenvalue weighted by Crippen LogP contribution is 2.26. The Balaban J connectivity index is 2.73. The lowest BCUT2D eigenvalue weighted by atomic mass is 9.99. The maximum absolute atomic E-state index is 14.7. The third-order valence-corrected chi connectivity index (χ3v) is 15.0. The molecule has 0 aromatic rings. The second kappa shape index (κ2) is 41.4. The Morgan fingerprint density at radius 3 is 1.92 bits per heavy atom. The number of ether oxygens (including phenoxy) is 3. The summed E-state index contributed by atoms with van der Waals surface area (Å²) in [7, 11) is 1.09. The number of likely N-dealkylation sites (N-methyl/N-ethyl adjacent to an activating group) is 1. The van der Waals surface area contributed by atoms with Crippen molar-refractivity contribution in [1.29, 1.82) is 0 Å². The van der Waals surface area contributed by atoms with E-state index in [9.17, 15) is 83.4 Å². The molecular weight excluding hydrogens is 1200 g/mol. The summed E-state index contributed by atoms with van der Waals surface area (Å²) in [6, 6.07) is -10.5. The molecule has 2 rings (SSSR count). The molecule has 2 aliphatic heterocycles. The van der Waals surface area contributed by atoms with E-state index >= 15 is 0 Å². The van der Waals surface area contributed by atoms with Crippen LogP contribution in [-0.2, 0) is 67.0 Å². The summed E-state index contributed by atoms with van der Waals surface area (Å²) < 4.78 is 17.4. The van der Waals surface area contributed by atoms with E-state index in [-0.39, 0.29) is 50.5 Å². The van der Waals surface area contributed by atoms with Crippen LogP contribution in [0.4, 0.5) is 0 Å². The predicted molar refractivity (Wildman–Crippen MR) is 326 cm³/mol. The summed E-state index contributed by atoms with van der Waals surface area (Å²) in [5.74, 6) is -12.4. The fourth-order valence-corrected chi connectivity index (χ4v) is 9.88. The quantitative estimate of drug-likeness (QED) is 0.0110. The molecule has 4 unspecified atom stereocenters. The van der Waals surface area contributed by atoms with Crippen molar-refractivity contribution in [2.24, 2.45) is 28.1 Å². The SMILES string of the molecule is C/C=C(/NC(=O)C[C@@H](CCCCCCCCCCC)O[C@H]1O[C@H](CO)[C@@H](O)[C@H](O)[C@H]1O)C(=O)NC1C(=O)NC([C@@H](C)O)C(=O)N[C@H](CC(C)C)C(=O)NCC(=O)N[C@H](CCC(N)=O)C(=O)NCC(=O)N(C)C([C@H](C)O)C(=O)N[C@@H](CCCN=C(N)N)C(=O)OC1C. The molecule has 33 nitrogen and oxygen atoms in total. The average Bonchev–Trinajstić information content (AvgIpc) is 0.948. The third kappa shape index (κ3) is 28.5. The second-order valence-corrected chi connectivity index (χ2v) is 23.3. The van der Waals surface area contributed by atoms with E-state index in [0.29, 0.717) is 6.42 Å². The molecule has 0 radical (unpaired) electrons. The molecule has 0 saturated carbocycles. The first-order chi connectivity index (χ1) is 42.9. The molecule has 2 heterocycles. The molecule has 33 heteroatoms. The molecular formula is C58H101N13O20. The molecule has 2 aliphatic rings. The first kappa shape index (κ1) is 80.0. The molecule has 0 aromatic carbocycles. The number of esters is 1. The number of guanidine groups is 1. The van der Waals surface area contributed by atoms with Crippen molar-refractivity contribution in [3.63, 3.8) is 0 Å². The highest BCUT2D eigenvalue weighted by atomic mass is 16.7. The van der Waals surface area contributed by atoms with Gasteiger partial charge in [-0.3, -0.25) is 52.9 Å². The number of cyclic esters (lactones) is 1. The Morgan fingerprint density at radius 2 is 1.35 bits per heavy atom. The number of rotatable bonds is 29. The maximum atomic E-state index is 14.7. The van der Waals surface area contributed by atoms with Gasteiger partial charge >= 0.3 is 5.97 Å². The number of aliphatic hydroxyl groups excluding tert-OH is 6. The number of allylic oxidation sites excluding steroid dienone is 1. The summed E-state index contributed by atoms with van der Waals surface area (Å²) >= 11 is 0. The average molecular weight is 1300 g/mol. The van der Waals surface area contributed by atoms with Crippen molar-refractivity contribution in [3.8, 4) is 0 Å². The van der Waals surface area contributed by atoms with E-state index in [4.69, 9.17) is 31.4 Å². The van der Waals surface area contributed by atoms with Crippen molar-refractivity contribution in [1.82, 2.24) is 47.4 Å². The van der Waals surface area contributed by atoms with Crippen molar-refractivity contribution >= 4 is 71.0 Å². The number of nitrogens with one attached hydrogen (secondary N) is 8. The summed E-state index contributed by atoms with van der Waals surface area (Å²) in [6.07, 6.45) is -6.44. The number of hydrogen-bond donors (Lipinski definition) is 17. The molecule has 0 bridgehead atoms. The molecule has 2 saturated heterocycles. The number of aliphatic imine (C=N–C) groups is 1. The zero-order valence-electron chi connectivity index (χ0n) is 53.5. The summed E-state index contributed by atoms with van der Waals surface area (Å²) in [4.78, 5) is 156. The van der Waals surface area contributed by atoms with Crippen LogP contribution in [0.15, 0.2) is 16.8 Å². The Morgan fingerprint density at radius 1 is 0.747 bits per heavy atom.